The van der Waals surface area contributed by atoms with E-state index in [1.54, 1.807) is 0 Å². The van der Waals surface area contributed by atoms with Gasteiger partial charge in [-0.05, 0) is 122 Å². The van der Waals surface area contributed by atoms with Gasteiger partial charge >= 0.3 is 11.9 Å². The second-order valence-corrected chi connectivity index (χ2v) is 17.6. The summed E-state index contributed by atoms with van der Waals surface area (Å²) in [6.45, 7) is 6.80. The number of hydrogen-bond donors (Lipinski definition) is 7. The Labute approximate surface area is 306 Å². The topological polar surface area (TPSA) is 190 Å². The molecule has 1 heterocycles. The van der Waals surface area contributed by atoms with Crippen LogP contribution in [-0.4, -0.2) is 96.4 Å². The number of carbonyl (C=O) groups is 2. The predicted octanol–water partition coefficient (Wildman–Crippen LogP) is 3.79. The molecule has 5 saturated carbocycles. The molecule has 1 aromatic carbocycles. The SMILES string of the molecule is C[C@H](CCC(=O)O[C@H]1[C@@H](O)[C@H](O)[C@@H](O)[C@H](O)[C@H]1OC(=O)CCc1c[nH]c2ccccc12)[C@H]1CCC2C3CC[C@@H]4C[C@H](O)CC[C@]4(C)C3C[C@H](O)[C@@]21C. The molecule has 1 aromatic heterocycles. The summed E-state index contributed by atoms with van der Waals surface area (Å²) in [5, 5.41) is 65.8. The highest BCUT2D eigenvalue weighted by molar-refractivity contribution is 5.83. The number of nitrogens with one attached hydrogen (secondary N) is 1. The van der Waals surface area contributed by atoms with Crippen LogP contribution in [0.15, 0.2) is 30.5 Å². The van der Waals surface area contributed by atoms with E-state index in [1.165, 1.54) is 0 Å². The second-order valence-electron chi connectivity index (χ2n) is 17.6. The largest absolute Gasteiger partial charge is 0.455 e. The molecular weight excluding hydrogens is 666 g/mol. The monoisotopic (exact) mass is 725 g/mol. The lowest BCUT2D eigenvalue weighted by Gasteiger charge is -2.62. The molecular formula is C41H59NO10. The standard InChI is InChI=1S/C41H59NO10/c1-21(27-12-13-28-26-11-10-23-18-24(43)16-17-40(23,2)29(26)19-31(44)41(27,28)3)8-14-32(45)51-38-36(49)34(47)35(48)37(50)39(38)52-33(46)15-9-22-20-42-30-7-5-4-6-25(22)30/h4-7,20-21,23-24,26-29,31,34-39,42-44,47-50H,8-19H2,1-3H3/t21-,23-,24-,26?,27-,28?,29?,31+,34-,35-,36+,37+,38+,39-,40+,41-/m1/s1. The minimum absolute atomic E-state index is 0.00182. The first kappa shape index (κ1) is 37.8. The summed E-state index contributed by atoms with van der Waals surface area (Å²) < 4.78 is 11.2. The van der Waals surface area contributed by atoms with Crippen LogP contribution in [0.3, 0.4) is 0 Å². The maximum Gasteiger partial charge on any atom is 0.306 e. The average molecular weight is 726 g/mol. The first-order chi connectivity index (χ1) is 24.7. The van der Waals surface area contributed by atoms with E-state index in [9.17, 15) is 40.2 Å². The molecule has 3 unspecified atom stereocenters. The number of aryl methyl sites for hydroxylation is 1. The summed E-state index contributed by atoms with van der Waals surface area (Å²) in [6, 6.07) is 7.67. The molecule has 5 aliphatic rings. The maximum atomic E-state index is 13.3. The van der Waals surface area contributed by atoms with Crippen LogP contribution in [-0.2, 0) is 25.5 Å². The van der Waals surface area contributed by atoms with Crippen molar-refractivity contribution in [3.8, 4) is 0 Å². The Morgan fingerprint density at radius 1 is 0.827 bits per heavy atom. The smallest absolute Gasteiger partial charge is 0.306 e. The maximum absolute atomic E-state index is 13.3. The number of aliphatic hydroxyl groups is 6. The number of ether oxygens (including phenoxy) is 2. The van der Waals surface area contributed by atoms with Gasteiger partial charge in [0.1, 0.15) is 24.4 Å². The number of hydrogen-bond acceptors (Lipinski definition) is 10. The fourth-order valence-electron chi connectivity index (χ4n) is 12.2. The van der Waals surface area contributed by atoms with Gasteiger partial charge in [0.25, 0.3) is 0 Å². The van der Waals surface area contributed by atoms with E-state index in [0.717, 1.165) is 67.8 Å². The lowest BCUT2D eigenvalue weighted by atomic mass is 9.43. The molecule has 11 heteroatoms. The van der Waals surface area contributed by atoms with Gasteiger partial charge in [-0.25, -0.2) is 0 Å². The number of aromatic nitrogens is 1. The van der Waals surface area contributed by atoms with Crippen molar-refractivity contribution in [3.05, 3.63) is 36.0 Å². The van der Waals surface area contributed by atoms with E-state index < -0.39 is 54.7 Å². The molecule has 0 saturated heterocycles. The van der Waals surface area contributed by atoms with Gasteiger partial charge < -0.3 is 45.1 Å². The first-order valence-electron chi connectivity index (χ1n) is 19.8. The highest BCUT2D eigenvalue weighted by Crippen LogP contribution is 2.68. The fraction of sp³-hybridized carbons (Fsp3) is 0.756. The zero-order chi connectivity index (χ0) is 37.1. The van der Waals surface area contributed by atoms with Crippen LogP contribution in [0, 0.1) is 46.3 Å². The van der Waals surface area contributed by atoms with Crippen LogP contribution in [0.4, 0.5) is 0 Å². The first-order valence-corrected chi connectivity index (χ1v) is 19.8. The highest BCUT2D eigenvalue weighted by atomic mass is 16.6. The Morgan fingerprint density at radius 2 is 1.50 bits per heavy atom. The van der Waals surface area contributed by atoms with E-state index in [-0.39, 0.29) is 41.6 Å². The van der Waals surface area contributed by atoms with E-state index in [1.807, 2.05) is 30.5 Å². The molecule has 0 spiro atoms. The molecule has 2 aromatic rings. The molecule has 7 rings (SSSR count). The number of rotatable bonds is 9. The lowest BCUT2D eigenvalue weighted by molar-refractivity contribution is -0.241. The van der Waals surface area contributed by atoms with Crippen LogP contribution in [0.2, 0.25) is 0 Å². The van der Waals surface area contributed by atoms with Crippen LogP contribution in [0.25, 0.3) is 10.9 Å². The van der Waals surface area contributed by atoms with Crippen molar-refractivity contribution in [2.24, 2.45) is 46.3 Å². The van der Waals surface area contributed by atoms with Gasteiger partial charge in [0.15, 0.2) is 12.2 Å². The average Bonchev–Trinajstić information content (AvgIpc) is 3.71. The zero-order valence-electron chi connectivity index (χ0n) is 30.8. The Bertz CT molecular complexity index is 1600. The zero-order valence-corrected chi connectivity index (χ0v) is 30.8. The van der Waals surface area contributed by atoms with Gasteiger partial charge in [-0.3, -0.25) is 9.59 Å². The number of H-pyrrole nitrogens is 1. The third-order valence-corrected chi connectivity index (χ3v) is 15.2. The summed E-state index contributed by atoms with van der Waals surface area (Å²) in [5.41, 5.74) is 1.72. The molecule has 0 amide bonds. The van der Waals surface area contributed by atoms with E-state index >= 15 is 0 Å². The van der Waals surface area contributed by atoms with Crippen molar-refractivity contribution in [1.29, 1.82) is 0 Å². The quantitative estimate of drug-likeness (QED) is 0.187. The van der Waals surface area contributed by atoms with Gasteiger partial charge in [0.05, 0.1) is 12.2 Å². The van der Waals surface area contributed by atoms with Crippen LogP contribution in [0.5, 0.6) is 0 Å². The van der Waals surface area contributed by atoms with Crippen LogP contribution >= 0.6 is 0 Å². The van der Waals surface area contributed by atoms with E-state index in [2.05, 4.69) is 25.8 Å². The number of fused-ring (bicyclic) bond motifs is 6. The molecule has 0 radical (unpaired) electrons. The molecule has 7 N–H and O–H groups in total. The third-order valence-electron chi connectivity index (χ3n) is 15.2. The summed E-state index contributed by atoms with van der Waals surface area (Å²) >= 11 is 0. The number of para-hydroxylation sites is 1. The van der Waals surface area contributed by atoms with Crippen molar-refractivity contribution in [2.75, 3.05) is 0 Å². The highest BCUT2D eigenvalue weighted by Gasteiger charge is 2.64. The molecule has 5 fully saturated rings. The normalized spacial score (nSPS) is 43.6. The van der Waals surface area contributed by atoms with Crippen LogP contribution in [0.1, 0.15) is 97.0 Å². The van der Waals surface area contributed by atoms with Crippen LogP contribution < -0.4 is 0 Å². The van der Waals surface area contributed by atoms with Gasteiger partial charge in [-0.1, -0.05) is 39.0 Å². The van der Waals surface area contributed by atoms with Gasteiger partial charge in [0.2, 0.25) is 0 Å². The van der Waals surface area contributed by atoms with Crippen molar-refractivity contribution >= 4 is 22.8 Å². The number of aliphatic hydroxyl groups excluding tert-OH is 6. The number of benzene rings is 1. The number of esters is 2. The molecule has 11 nitrogen and oxygen atoms in total. The lowest BCUT2D eigenvalue weighted by Crippen LogP contribution is -2.65. The van der Waals surface area contributed by atoms with E-state index in [0.29, 0.717) is 36.5 Å². The third kappa shape index (κ3) is 6.51. The summed E-state index contributed by atoms with van der Waals surface area (Å²) in [4.78, 5) is 29.5. The Morgan fingerprint density at radius 3 is 2.21 bits per heavy atom. The molecule has 0 aliphatic heterocycles. The van der Waals surface area contributed by atoms with Crippen molar-refractivity contribution < 1.29 is 49.7 Å². The van der Waals surface area contributed by atoms with Crippen molar-refractivity contribution in [2.45, 2.75) is 147 Å². The van der Waals surface area contributed by atoms with Gasteiger partial charge in [-0.15, -0.1) is 0 Å². The van der Waals surface area contributed by atoms with E-state index in [4.69, 9.17) is 9.47 Å². The molecule has 5 aliphatic carbocycles. The van der Waals surface area contributed by atoms with Crippen molar-refractivity contribution in [3.63, 3.8) is 0 Å². The summed E-state index contributed by atoms with van der Waals surface area (Å²) in [7, 11) is 0. The van der Waals surface area contributed by atoms with Gasteiger partial charge in [-0.2, -0.15) is 0 Å². The molecule has 52 heavy (non-hydrogen) atoms. The minimum Gasteiger partial charge on any atom is -0.455 e. The fourth-order valence-corrected chi connectivity index (χ4v) is 12.2. The molecule has 0 bridgehead atoms. The minimum atomic E-state index is -1.81. The predicted molar refractivity (Wildman–Crippen MR) is 191 cm³/mol. The summed E-state index contributed by atoms with van der Waals surface area (Å²) in [5.74, 6) is 0.860. The Kier molecular flexibility index (Phi) is 10.6. The van der Waals surface area contributed by atoms with Crippen molar-refractivity contribution in [1.82, 2.24) is 4.98 Å². The molecule has 288 valence electrons. The second kappa shape index (κ2) is 14.6. The summed E-state index contributed by atoms with van der Waals surface area (Å²) in [6.07, 6.45) is -0.579. The molecule has 16 atom stereocenters. The number of aromatic amines is 1. The Balaban J connectivity index is 0.969. The van der Waals surface area contributed by atoms with Gasteiger partial charge in [0, 0.05) is 29.9 Å². The Hall–Kier alpha value is -2.54. The number of carbonyl (C=O) groups excluding carboxylic acids is 2.